The molecule has 0 amide bonds. The van der Waals surface area contributed by atoms with Gasteiger partial charge >= 0.3 is 6.01 Å². The molecule has 0 aliphatic rings. The van der Waals surface area contributed by atoms with Crippen molar-refractivity contribution in [3.63, 3.8) is 0 Å². The van der Waals surface area contributed by atoms with Gasteiger partial charge in [-0.15, -0.1) is 0 Å². The molecule has 0 unspecified atom stereocenters. The molecule has 1 N–H and O–H groups in total. The monoisotopic (exact) mass is 285 g/mol. The van der Waals surface area contributed by atoms with Gasteiger partial charge < -0.3 is 10.1 Å². The molecule has 1 aromatic carbocycles. The minimum absolute atomic E-state index is 0.393. The Morgan fingerprint density at radius 1 is 1.14 bits per heavy atom. The number of nitrogens with one attached hydrogen (secondary N) is 1. The van der Waals surface area contributed by atoms with E-state index in [4.69, 9.17) is 4.74 Å². The first kappa shape index (κ1) is 15.4. The van der Waals surface area contributed by atoms with Crippen LogP contribution in [0.3, 0.4) is 0 Å². The molecule has 2 rings (SSSR count). The van der Waals surface area contributed by atoms with Crippen molar-refractivity contribution in [2.24, 2.45) is 0 Å². The first-order valence-corrected chi connectivity index (χ1v) is 7.26. The third-order valence-electron chi connectivity index (χ3n) is 3.45. The predicted octanol–water partition coefficient (Wildman–Crippen LogP) is 3.69. The summed E-state index contributed by atoms with van der Waals surface area (Å²) in [6.45, 7) is 11.1. The molecule has 0 aliphatic carbocycles. The van der Waals surface area contributed by atoms with Gasteiger partial charge in [-0.2, -0.15) is 4.98 Å². The van der Waals surface area contributed by atoms with E-state index in [1.165, 1.54) is 11.1 Å². The Bertz CT molecular complexity index is 623. The summed E-state index contributed by atoms with van der Waals surface area (Å²) in [7, 11) is 0. The molecule has 0 bridgehead atoms. The highest BCUT2D eigenvalue weighted by molar-refractivity contribution is 5.35. The molecule has 4 nitrogen and oxygen atoms in total. The van der Waals surface area contributed by atoms with Gasteiger partial charge in [0.05, 0.1) is 0 Å². The molecule has 21 heavy (non-hydrogen) atoms. The number of aryl methyl sites for hydroxylation is 3. The van der Waals surface area contributed by atoms with E-state index in [-0.39, 0.29) is 0 Å². The van der Waals surface area contributed by atoms with Crippen molar-refractivity contribution in [3.8, 4) is 11.8 Å². The van der Waals surface area contributed by atoms with Crippen LogP contribution < -0.4 is 10.1 Å². The zero-order chi connectivity index (χ0) is 15.4. The lowest BCUT2D eigenvalue weighted by Crippen LogP contribution is -2.22. The number of aromatic nitrogens is 2. The second-order valence-corrected chi connectivity index (χ2v) is 5.65. The molecule has 1 heterocycles. The summed E-state index contributed by atoms with van der Waals surface area (Å²) in [6.07, 6.45) is 1.83. The van der Waals surface area contributed by atoms with Crippen LogP contribution in [0.1, 0.15) is 36.2 Å². The van der Waals surface area contributed by atoms with Crippen molar-refractivity contribution in [3.05, 3.63) is 46.8 Å². The summed E-state index contributed by atoms with van der Waals surface area (Å²) in [5.74, 6) is 0.769. The average molecular weight is 285 g/mol. The lowest BCUT2D eigenvalue weighted by molar-refractivity contribution is 0.438. The van der Waals surface area contributed by atoms with Gasteiger partial charge in [-0.1, -0.05) is 19.9 Å². The number of hydrogen-bond donors (Lipinski definition) is 1. The minimum atomic E-state index is 0.393. The van der Waals surface area contributed by atoms with Gasteiger partial charge in [-0.05, 0) is 44.0 Å². The molecular weight excluding hydrogens is 262 g/mol. The molecule has 0 aliphatic heterocycles. The maximum atomic E-state index is 5.73. The van der Waals surface area contributed by atoms with Gasteiger partial charge in [0.25, 0.3) is 0 Å². The molecule has 0 saturated carbocycles. The van der Waals surface area contributed by atoms with Gasteiger partial charge in [-0.3, -0.25) is 0 Å². The van der Waals surface area contributed by atoms with Gasteiger partial charge in [0.1, 0.15) is 5.75 Å². The van der Waals surface area contributed by atoms with E-state index in [0.717, 1.165) is 23.6 Å². The molecule has 2 aromatic rings. The lowest BCUT2D eigenvalue weighted by Gasteiger charge is -2.11. The Labute approximate surface area is 126 Å². The Morgan fingerprint density at radius 3 is 2.52 bits per heavy atom. The normalized spacial score (nSPS) is 11.0. The highest BCUT2D eigenvalue weighted by atomic mass is 16.5. The summed E-state index contributed by atoms with van der Waals surface area (Å²) in [6, 6.07) is 6.82. The summed E-state index contributed by atoms with van der Waals surface area (Å²) < 4.78 is 5.73. The topological polar surface area (TPSA) is 47.0 Å². The number of nitrogens with zero attached hydrogens (tertiary/aromatic N) is 2. The number of rotatable bonds is 5. The van der Waals surface area contributed by atoms with Crippen LogP contribution in [-0.2, 0) is 6.54 Å². The van der Waals surface area contributed by atoms with Crippen LogP contribution in [0.5, 0.6) is 11.8 Å². The maximum absolute atomic E-state index is 5.73. The summed E-state index contributed by atoms with van der Waals surface area (Å²) >= 11 is 0. The molecule has 0 atom stereocenters. The first-order chi connectivity index (χ1) is 9.95. The molecular formula is C17H23N3O. The fraction of sp³-hybridized carbons (Fsp3) is 0.412. The van der Waals surface area contributed by atoms with Crippen LogP contribution in [0.2, 0.25) is 0 Å². The zero-order valence-corrected chi connectivity index (χ0v) is 13.4. The Kier molecular flexibility index (Phi) is 4.91. The van der Waals surface area contributed by atoms with Crippen LogP contribution in [-0.4, -0.2) is 16.0 Å². The highest BCUT2D eigenvalue weighted by Gasteiger charge is 2.06. The Morgan fingerprint density at radius 2 is 1.90 bits per heavy atom. The maximum Gasteiger partial charge on any atom is 0.322 e. The predicted molar refractivity (Wildman–Crippen MR) is 84.7 cm³/mol. The summed E-state index contributed by atoms with van der Waals surface area (Å²) in [5, 5.41) is 3.36. The van der Waals surface area contributed by atoms with E-state index in [1.807, 2.05) is 31.3 Å². The van der Waals surface area contributed by atoms with E-state index in [9.17, 15) is 0 Å². The van der Waals surface area contributed by atoms with E-state index in [2.05, 4.69) is 43.0 Å². The average Bonchev–Trinajstić information content (AvgIpc) is 2.42. The molecule has 0 saturated heterocycles. The van der Waals surface area contributed by atoms with Gasteiger partial charge in [0.15, 0.2) is 0 Å². The van der Waals surface area contributed by atoms with Crippen molar-refractivity contribution < 1.29 is 4.74 Å². The molecule has 0 spiro atoms. The minimum Gasteiger partial charge on any atom is -0.424 e. The van der Waals surface area contributed by atoms with Crippen molar-refractivity contribution in [1.29, 1.82) is 0 Å². The second kappa shape index (κ2) is 6.68. The van der Waals surface area contributed by atoms with Crippen molar-refractivity contribution >= 4 is 0 Å². The molecule has 0 fully saturated rings. The highest BCUT2D eigenvalue weighted by Crippen LogP contribution is 2.21. The third kappa shape index (κ3) is 4.26. The largest absolute Gasteiger partial charge is 0.424 e. The molecule has 112 valence electrons. The van der Waals surface area contributed by atoms with Crippen molar-refractivity contribution in [2.75, 3.05) is 0 Å². The number of benzene rings is 1. The first-order valence-electron chi connectivity index (χ1n) is 7.26. The van der Waals surface area contributed by atoms with Crippen LogP contribution in [0.25, 0.3) is 0 Å². The second-order valence-electron chi connectivity index (χ2n) is 5.65. The van der Waals surface area contributed by atoms with Gasteiger partial charge in [-0.25, -0.2) is 4.98 Å². The Hall–Kier alpha value is -1.94. The fourth-order valence-corrected chi connectivity index (χ4v) is 1.89. The zero-order valence-electron chi connectivity index (χ0n) is 13.4. The lowest BCUT2D eigenvalue weighted by atomic mass is 10.1. The summed E-state index contributed by atoms with van der Waals surface area (Å²) in [4.78, 5) is 8.72. The quantitative estimate of drug-likeness (QED) is 0.910. The van der Waals surface area contributed by atoms with Crippen molar-refractivity contribution in [1.82, 2.24) is 15.3 Å². The van der Waals surface area contributed by atoms with Crippen LogP contribution >= 0.6 is 0 Å². The third-order valence-corrected chi connectivity index (χ3v) is 3.45. The van der Waals surface area contributed by atoms with Crippen LogP contribution in [0.15, 0.2) is 24.4 Å². The SMILES string of the molecule is Cc1ccc(Oc2ncc(CNC(C)C)c(C)n2)cc1C. The molecule has 0 radical (unpaired) electrons. The molecule has 4 heteroatoms. The number of ether oxygens (including phenoxy) is 1. The number of hydrogen-bond acceptors (Lipinski definition) is 4. The van der Waals surface area contributed by atoms with Crippen LogP contribution in [0.4, 0.5) is 0 Å². The van der Waals surface area contributed by atoms with Crippen LogP contribution in [0, 0.1) is 20.8 Å². The van der Waals surface area contributed by atoms with E-state index in [0.29, 0.717) is 12.1 Å². The standard InChI is InChI=1S/C17H23N3O/c1-11(2)18-9-15-10-19-17(20-14(15)5)21-16-7-6-12(3)13(4)8-16/h6-8,10-11,18H,9H2,1-5H3. The van der Waals surface area contributed by atoms with Gasteiger partial charge in [0, 0.05) is 30.0 Å². The smallest absolute Gasteiger partial charge is 0.322 e. The van der Waals surface area contributed by atoms with Gasteiger partial charge in [0.2, 0.25) is 0 Å². The summed E-state index contributed by atoms with van der Waals surface area (Å²) in [5.41, 5.74) is 4.48. The molecule has 1 aromatic heterocycles. The van der Waals surface area contributed by atoms with Crippen molar-refractivity contribution in [2.45, 2.75) is 47.2 Å². The van der Waals surface area contributed by atoms with E-state index in [1.54, 1.807) is 0 Å². The van der Waals surface area contributed by atoms with E-state index < -0.39 is 0 Å². The van der Waals surface area contributed by atoms with E-state index >= 15 is 0 Å². The fourth-order valence-electron chi connectivity index (χ4n) is 1.89. The Balaban J connectivity index is 2.10.